The number of ether oxygens (including phenoxy) is 1. The van der Waals surface area contributed by atoms with Crippen LogP contribution in [-0.2, 0) is 6.42 Å². The fourth-order valence-electron chi connectivity index (χ4n) is 2.38. The first-order valence-electron chi connectivity index (χ1n) is 6.93. The van der Waals surface area contributed by atoms with Crippen molar-refractivity contribution in [1.82, 2.24) is 0 Å². The number of hydrogen-bond acceptors (Lipinski definition) is 3. The standard InChI is InChI=1S/C17H21ClN2O/c1-12(19)11-13-5-4-6-16(18)17(13)20(2)14-7-9-15(21-3)10-8-14/h4-10,12H,11,19H2,1-3H3. The molecule has 0 radical (unpaired) electrons. The van der Waals surface area contributed by atoms with E-state index in [2.05, 4.69) is 11.0 Å². The molecule has 0 saturated heterocycles. The highest BCUT2D eigenvalue weighted by molar-refractivity contribution is 6.33. The SMILES string of the molecule is COc1ccc(N(C)c2c(Cl)cccc2CC(C)N)cc1. The van der Waals surface area contributed by atoms with E-state index in [1.165, 1.54) is 0 Å². The minimum Gasteiger partial charge on any atom is -0.497 e. The Hall–Kier alpha value is -1.71. The van der Waals surface area contributed by atoms with Gasteiger partial charge in [0.25, 0.3) is 0 Å². The molecular weight excluding hydrogens is 284 g/mol. The van der Waals surface area contributed by atoms with Crippen LogP contribution in [0, 0.1) is 0 Å². The lowest BCUT2D eigenvalue weighted by Gasteiger charge is -2.25. The van der Waals surface area contributed by atoms with Gasteiger partial charge in [0.1, 0.15) is 5.75 Å². The summed E-state index contributed by atoms with van der Waals surface area (Å²) in [7, 11) is 3.67. The maximum absolute atomic E-state index is 6.41. The van der Waals surface area contributed by atoms with Gasteiger partial charge in [-0.15, -0.1) is 0 Å². The Labute approximate surface area is 131 Å². The van der Waals surface area contributed by atoms with E-state index in [0.29, 0.717) is 0 Å². The lowest BCUT2D eigenvalue weighted by Crippen LogP contribution is -2.20. The molecule has 112 valence electrons. The molecule has 0 bridgehead atoms. The smallest absolute Gasteiger partial charge is 0.119 e. The number of hydrogen-bond donors (Lipinski definition) is 1. The Balaban J connectivity index is 2.39. The monoisotopic (exact) mass is 304 g/mol. The molecular formula is C17H21ClN2O. The highest BCUT2D eigenvalue weighted by Gasteiger charge is 2.14. The summed E-state index contributed by atoms with van der Waals surface area (Å²) in [6, 6.07) is 13.9. The summed E-state index contributed by atoms with van der Waals surface area (Å²) >= 11 is 6.41. The van der Waals surface area contributed by atoms with E-state index < -0.39 is 0 Å². The van der Waals surface area contributed by atoms with Gasteiger partial charge in [-0.05, 0) is 49.2 Å². The van der Waals surface area contributed by atoms with Gasteiger partial charge in [0.2, 0.25) is 0 Å². The van der Waals surface area contributed by atoms with Crippen molar-refractivity contribution in [3.05, 3.63) is 53.1 Å². The summed E-state index contributed by atoms with van der Waals surface area (Å²) in [5.41, 5.74) is 9.14. The van der Waals surface area contributed by atoms with Gasteiger partial charge in [0.15, 0.2) is 0 Å². The Morgan fingerprint density at radius 3 is 2.43 bits per heavy atom. The van der Waals surface area contributed by atoms with E-state index in [-0.39, 0.29) is 6.04 Å². The largest absolute Gasteiger partial charge is 0.497 e. The fraction of sp³-hybridized carbons (Fsp3) is 0.294. The predicted molar refractivity (Wildman–Crippen MR) is 89.9 cm³/mol. The Bertz CT molecular complexity index is 596. The zero-order valence-corrected chi connectivity index (χ0v) is 13.4. The number of methoxy groups -OCH3 is 1. The van der Waals surface area contributed by atoms with E-state index >= 15 is 0 Å². The Morgan fingerprint density at radius 1 is 1.19 bits per heavy atom. The maximum atomic E-state index is 6.41. The molecule has 0 aliphatic rings. The minimum atomic E-state index is 0.0893. The fourth-order valence-corrected chi connectivity index (χ4v) is 2.70. The van der Waals surface area contributed by atoms with Gasteiger partial charge in [-0.1, -0.05) is 23.7 Å². The van der Waals surface area contributed by atoms with Crippen LogP contribution in [0.15, 0.2) is 42.5 Å². The van der Waals surface area contributed by atoms with Crippen LogP contribution < -0.4 is 15.4 Å². The number of halogens is 1. The molecule has 0 aliphatic carbocycles. The average molecular weight is 305 g/mol. The van der Waals surface area contributed by atoms with Crippen molar-refractivity contribution in [2.24, 2.45) is 5.73 Å². The van der Waals surface area contributed by atoms with Crippen LogP contribution >= 0.6 is 11.6 Å². The molecule has 0 saturated carbocycles. The summed E-state index contributed by atoms with van der Waals surface area (Å²) in [4.78, 5) is 2.08. The maximum Gasteiger partial charge on any atom is 0.119 e. The second-order valence-corrected chi connectivity index (χ2v) is 5.59. The third kappa shape index (κ3) is 3.69. The summed E-state index contributed by atoms with van der Waals surface area (Å²) in [5, 5.41) is 0.728. The van der Waals surface area contributed by atoms with E-state index in [0.717, 1.165) is 34.1 Å². The van der Waals surface area contributed by atoms with Gasteiger partial charge >= 0.3 is 0 Å². The van der Waals surface area contributed by atoms with E-state index in [9.17, 15) is 0 Å². The quantitative estimate of drug-likeness (QED) is 0.907. The van der Waals surface area contributed by atoms with Gasteiger partial charge < -0.3 is 15.4 Å². The van der Waals surface area contributed by atoms with E-state index in [1.54, 1.807) is 7.11 Å². The second-order valence-electron chi connectivity index (χ2n) is 5.19. The predicted octanol–water partition coefficient (Wildman–Crippen LogP) is 4.01. The van der Waals surface area contributed by atoms with Crippen molar-refractivity contribution in [1.29, 1.82) is 0 Å². The van der Waals surface area contributed by atoms with Crippen LogP contribution in [0.2, 0.25) is 5.02 Å². The van der Waals surface area contributed by atoms with Crippen molar-refractivity contribution < 1.29 is 4.74 Å². The Morgan fingerprint density at radius 2 is 1.86 bits per heavy atom. The van der Waals surface area contributed by atoms with Gasteiger partial charge in [-0.25, -0.2) is 0 Å². The molecule has 2 rings (SSSR count). The third-order valence-corrected chi connectivity index (χ3v) is 3.71. The number of para-hydroxylation sites is 1. The van der Waals surface area contributed by atoms with Gasteiger partial charge in [0, 0.05) is 18.8 Å². The van der Waals surface area contributed by atoms with Gasteiger partial charge in [-0.3, -0.25) is 0 Å². The van der Waals surface area contributed by atoms with E-state index in [1.807, 2.05) is 50.4 Å². The molecule has 0 aromatic heterocycles. The van der Waals surface area contributed by atoms with Gasteiger partial charge in [0.05, 0.1) is 17.8 Å². The van der Waals surface area contributed by atoms with E-state index in [4.69, 9.17) is 22.1 Å². The molecule has 21 heavy (non-hydrogen) atoms. The highest BCUT2D eigenvalue weighted by atomic mass is 35.5. The number of benzene rings is 2. The van der Waals surface area contributed by atoms with Crippen LogP contribution in [0.3, 0.4) is 0 Å². The normalized spacial score (nSPS) is 12.0. The van der Waals surface area contributed by atoms with Crippen LogP contribution in [0.1, 0.15) is 12.5 Å². The van der Waals surface area contributed by atoms with Crippen molar-refractivity contribution >= 4 is 23.0 Å². The average Bonchev–Trinajstić information content (AvgIpc) is 2.46. The molecule has 2 N–H and O–H groups in total. The number of anilines is 2. The molecule has 0 fully saturated rings. The molecule has 0 amide bonds. The lowest BCUT2D eigenvalue weighted by molar-refractivity contribution is 0.415. The molecule has 2 aromatic carbocycles. The second kappa shape index (κ2) is 6.83. The van der Waals surface area contributed by atoms with Crippen molar-refractivity contribution in [2.75, 3.05) is 19.1 Å². The summed E-state index contributed by atoms with van der Waals surface area (Å²) in [5.74, 6) is 0.835. The summed E-state index contributed by atoms with van der Waals surface area (Å²) in [6.45, 7) is 2.00. The van der Waals surface area contributed by atoms with Crippen molar-refractivity contribution in [2.45, 2.75) is 19.4 Å². The molecule has 0 spiro atoms. The molecule has 1 unspecified atom stereocenters. The summed E-state index contributed by atoms with van der Waals surface area (Å²) in [6.07, 6.45) is 0.788. The number of rotatable bonds is 5. The van der Waals surface area contributed by atoms with Crippen molar-refractivity contribution in [3.63, 3.8) is 0 Å². The highest BCUT2D eigenvalue weighted by Crippen LogP contribution is 2.35. The third-order valence-electron chi connectivity index (χ3n) is 3.41. The molecule has 2 aromatic rings. The van der Waals surface area contributed by atoms with Crippen LogP contribution in [-0.4, -0.2) is 20.2 Å². The Kier molecular flexibility index (Phi) is 5.10. The minimum absolute atomic E-state index is 0.0893. The molecule has 0 heterocycles. The zero-order chi connectivity index (χ0) is 15.4. The first-order valence-corrected chi connectivity index (χ1v) is 7.31. The molecule has 3 nitrogen and oxygen atoms in total. The topological polar surface area (TPSA) is 38.5 Å². The van der Waals surface area contributed by atoms with Crippen LogP contribution in [0.5, 0.6) is 5.75 Å². The van der Waals surface area contributed by atoms with Gasteiger partial charge in [-0.2, -0.15) is 0 Å². The number of nitrogens with zero attached hydrogens (tertiary/aromatic N) is 1. The van der Waals surface area contributed by atoms with Crippen LogP contribution in [0.4, 0.5) is 11.4 Å². The first-order chi connectivity index (χ1) is 10.0. The number of nitrogens with two attached hydrogens (primary N) is 1. The molecule has 0 aliphatic heterocycles. The lowest BCUT2D eigenvalue weighted by atomic mass is 10.0. The molecule has 4 heteroatoms. The first kappa shape index (κ1) is 15.7. The zero-order valence-electron chi connectivity index (χ0n) is 12.6. The molecule has 1 atom stereocenters. The van der Waals surface area contributed by atoms with Crippen LogP contribution in [0.25, 0.3) is 0 Å². The van der Waals surface area contributed by atoms with Crippen molar-refractivity contribution in [3.8, 4) is 5.75 Å². The summed E-state index contributed by atoms with van der Waals surface area (Å²) < 4.78 is 5.19.